The topological polar surface area (TPSA) is 27.7 Å². The van der Waals surface area contributed by atoms with Crippen LogP contribution < -0.4 is 0 Å². The van der Waals surface area contributed by atoms with E-state index in [-0.39, 0.29) is 0 Å². The first-order chi connectivity index (χ1) is 21.0. The molecule has 6 bridgehead atoms. The molecule has 0 amide bonds. The Hall–Kier alpha value is -0.900. The lowest BCUT2D eigenvalue weighted by Crippen LogP contribution is -2.57. The maximum atomic E-state index is 6.91. The van der Waals surface area contributed by atoms with Crippen molar-refractivity contribution in [3.8, 4) is 0 Å². The second-order valence-corrected chi connectivity index (χ2v) is 19.2. The number of hydrogen-bond donors (Lipinski definition) is 0. The molecule has 10 rings (SSSR count). The van der Waals surface area contributed by atoms with E-state index in [0.29, 0.717) is 72.1 Å². The van der Waals surface area contributed by atoms with Gasteiger partial charge in [-0.1, -0.05) is 62.3 Å². The van der Waals surface area contributed by atoms with Gasteiger partial charge in [0.15, 0.2) is 0 Å². The molecule has 9 aliphatic rings. The van der Waals surface area contributed by atoms with Crippen molar-refractivity contribution in [2.75, 3.05) is 0 Å². The molecule has 0 aliphatic heterocycles. The fraction of sp³-hybridized carbons (Fsp3) is 0.857. The lowest BCUT2D eigenvalue weighted by Gasteiger charge is -2.61. The normalized spacial score (nSPS) is 43.2. The smallest absolute Gasteiger partial charge is 0.0726 e. The minimum atomic E-state index is 0.373. The Bertz CT molecular complexity index is 1130. The molecule has 3 heteroatoms. The van der Waals surface area contributed by atoms with Gasteiger partial charge >= 0.3 is 0 Å². The molecule has 12 atom stereocenters. The number of benzene rings is 1. The highest BCUT2D eigenvalue weighted by atomic mass is 16.5. The lowest BCUT2D eigenvalue weighted by atomic mass is 9.45. The molecule has 1 aromatic rings. The van der Waals surface area contributed by atoms with Crippen molar-refractivity contribution in [1.82, 2.24) is 0 Å². The van der Waals surface area contributed by atoms with E-state index in [2.05, 4.69) is 83.1 Å². The third kappa shape index (κ3) is 4.88. The Morgan fingerprint density at radius 2 is 0.689 bits per heavy atom. The molecular formula is C42H66O3. The highest BCUT2D eigenvalue weighted by Crippen LogP contribution is 2.64. The summed E-state index contributed by atoms with van der Waals surface area (Å²) in [4.78, 5) is 0. The molecule has 1 aromatic carbocycles. The van der Waals surface area contributed by atoms with Crippen molar-refractivity contribution in [3.05, 3.63) is 33.4 Å². The van der Waals surface area contributed by atoms with Crippen LogP contribution in [-0.4, -0.2) is 18.3 Å². The number of ether oxygens (including phenoxy) is 3. The summed E-state index contributed by atoms with van der Waals surface area (Å²) in [5.74, 6) is 6.76. The molecule has 9 fully saturated rings. The molecule has 0 N–H and O–H groups in total. The molecule has 3 nitrogen and oxygen atoms in total. The first-order valence-electron chi connectivity index (χ1n) is 19.0. The van der Waals surface area contributed by atoms with Gasteiger partial charge in [0.05, 0.1) is 38.1 Å². The standard InChI is InChI=1S/C42H66O3/c1-22-31(19-43-37-16-28-13-34(25(37)4)40(28,7)8)23(2)33(21-45-39-18-30-15-36(27(39)6)42(30,11)12)24(3)32(22)20-44-38-17-29-14-35(26(38)5)41(29,9)10/h25-30,34-39H,13-21H2,1-12H3/t25-,26-,27-,28+,29+,30+,34-,35-,36-,37-,38-,39-/m1/s1. The Balaban J connectivity index is 1.11. The van der Waals surface area contributed by atoms with E-state index in [9.17, 15) is 0 Å². The monoisotopic (exact) mass is 619 g/mol. The maximum absolute atomic E-state index is 6.91. The van der Waals surface area contributed by atoms with Crippen molar-refractivity contribution in [2.24, 2.45) is 69.5 Å². The van der Waals surface area contributed by atoms with Crippen LogP contribution in [0.5, 0.6) is 0 Å². The van der Waals surface area contributed by atoms with E-state index >= 15 is 0 Å². The van der Waals surface area contributed by atoms with Crippen molar-refractivity contribution in [2.45, 2.75) is 160 Å². The first kappa shape index (κ1) is 32.6. The lowest BCUT2D eigenvalue weighted by molar-refractivity contribution is -0.176. The van der Waals surface area contributed by atoms with Gasteiger partial charge in [0.1, 0.15) is 0 Å². The molecule has 0 radical (unpaired) electrons. The second-order valence-electron chi connectivity index (χ2n) is 19.2. The molecule has 0 unspecified atom stereocenters. The van der Waals surface area contributed by atoms with Crippen LogP contribution in [0.2, 0.25) is 0 Å². The Morgan fingerprint density at radius 3 is 0.889 bits per heavy atom. The summed E-state index contributed by atoms with van der Waals surface area (Å²) in [6, 6.07) is 0. The van der Waals surface area contributed by atoms with Gasteiger partial charge in [0.2, 0.25) is 0 Å². The van der Waals surface area contributed by atoms with Gasteiger partial charge in [-0.2, -0.15) is 0 Å². The zero-order valence-electron chi connectivity index (χ0n) is 31.0. The average Bonchev–Trinajstić information content (AvgIpc) is 2.97. The van der Waals surface area contributed by atoms with Gasteiger partial charge in [-0.25, -0.2) is 0 Å². The minimum Gasteiger partial charge on any atom is -0.373 e. The van der Waals surface area contributed by atoms with E-state index in [4.69, 9.17) is 14.2 Å². The quantitative estimate of drug-likeness (QED) is 0.276. The van der Waals surface area contributed by atoms with Gasteiger partial charge in [-0.3, -0.25) is 0 Å². The van der Waals surface area contributed by atoms with Crippen molar-refractivity contribution >= 4 is 0 Å². The summed E-state index contributed by atoms with van der Waals surface area (Å²) < 4.78 is 20.7. The Labute approximate surface area is 276 Å². The summed E-state index contributed by atoms with van der Waals surface area (Å²) in [5.41, 5.74) is 9.83. The van der Waals surface area contributed by atoms with E-state index < -0.39 is 0 Å². The largest absolute Gasteiger partial charge is 0.373 e. The number of fused-ring (bicyclic) bond motifs is 6. The van der Waals surface area contributed by atoms with Gasteiger partial charge < -0.3 is 14.2 Å². The molecule has 9 saturated carbocycles. The van der Waals surface area contributed by atoms with Crippen LogP contribution in [-0.2, 0) is 34.0 Å². The highest BCUT2D eigenvalue weighted by Gasteiger charge is 2.58. The summed E-state index contributed by atoms with van der Waals surface area (Å²) >= 11 is 0. The van der Waals surface area contributed by atoms with Crippen LogP contribution in [0.25, 0.3) is 0 Å². The van der Waals surface area contributed by atoms with Crippen LogP contribution in [0, 0.1) is 90.3 Å². The van der Waals surface area contributed by atoms with Crippen LogP contribution in [0.4, 0.5) is 0 Å². The molecule has 9 aliphatic carbocycles. The third-order valence-corrected chi connectivity index (χ3v) is 16.9. The molecule has 252 valence electrons. The Morgan fingerprint density at radius 1 is 0.444 bits per heavy atom. The molecule has 45 heavy (non-hydrogen) atoms. The zero-order chi connectivity index (χ0) is 32.4. The van der Waals surface area contributed by atoms with E-state index in [1.165, 1.54) is 71.9 Å². The van der Waals surface area contributed by atoms with E-state index in [1.807, 2.05) is 0 Å². The predicted molar refractivity (Wildman–Crippen MR) is 184 cm³/mol. The minimum absolute atomic E-state index is 0.373. The van der Waals surface area contributed by atoms with Crippen molar-refractivity contribution in [1.29, 1.82) is 0 Å². The summed E-state index contributed by atoms with van der Waals surface area (Å²) in [5, 5.41) is 0. The van der Waals surface area contributed by atoms with Gasteiger partial charge in [-0.15, -0.1) is 0 Å². The Kier molecular flexibility index (Phi) is 8.02. The first-order valence-corrected chi connectivity index (χ1v) is 19.0. The second kappa shape index (κ2) is 11.1. The number of rotatable bonds is 9. The van der Waals surface area contributed by atoms with Gasteiger partial charge in [0, 0.05) is 0 Å². The summed E-state index contributed by atoms with van der Waals surface area (Å²) in [7, 11) is 0. The third-order valence-electron chi connectivity index (χ3n) is 16.9. The van der Waals surface area contributed by atoms with Crippen molar-refractivity contribution < 1.29 is 14.2 Å². The highest BCUT2D eigenvalue weighted by molar-refractivity contribution is 5.50. The maximum Gasteiger partial charge on any atom is 0.0726 e. The predicted octanol–water partition coefficient (Wildman–Crippen LogP) is 10.4. The molecule has 0 spiro atoms. The van der Waals surface area contributed by atoms with E-state index in [0.717, 1.165) is 35.5 Å². The van der Waals surface area contributed by atoms with Crippen LogP contribution >= 0.6 is 0 Å². The SMILES string of the molecule is Cc1c(CO[C@@H]2C[C@@H]3C[C@H]([C@H]2C)C3(C)C)c(C)c(CO[C@@H]2C[C@@H]3C[C@H]([C@H]2C)C3(C)C)c(C)c1CO[C@@H]1C[C@@H]2C[C@H]([C@H]1C)C2(C)C. The van der Waals surface area contributed by atoms with E-state index in [1.54, 1.807) is 0 Å². The van der Waals surface area contributed by atoms with Crippen LogP contribution in [0.3, 0.4) is 0 Å². The molecule has 0 heterocycles. The summed E-state index contributed by atoms with van der Waals surface area (Å²) in [6.45, 7) is 31.4. The molecule has 0 aromatic heterocycles. The van der Waals surface area contributed by atoms with Crippen molar-refractivity contribution in [3.63, 3.8) is 0 Å². The van der Waals surface area contributed by atoms with Crippen LogP contribution in [0.15, 0.2) is 0 Å². The average molecular weight is 619 g/mol. The summed E-state index contributed by atoms with van der Waals surface area (Å²) in [6.07, 6.45) is 8.97. The van der Waals surface area contributed by atoms with Crippen LogP contribution in [0.1, 0.15) is 134 Å². The molecule has 0 saturated heterocycles. The number of hydrogen-bond acceptors (Lipinski definition) is 3. The zero-order valence-corrected chi connectivity index (χ0v) is 31.0. The molecular weight excluding hydrogens is 552 g/mol. The fourth-order valence-electron chi connectivity index (χ4n) is 12.6. The fourth-order valence-corrected chi connectivity index (χ4v) is 12.6. The van der Waals surface area contributed by atoms with Gasteiger partial charge in [-0.05, 0) is 162 Å². The van der Waals surface area contributed by atoms with Gasteiger partial charge in [0.25, 0.3) is 0 Å².